The molecule has 0 saturated carbocycles. The Morgan fingerprint density at radius 3 is 3.10 bits per heavy atom. The molecule has 5 heteroatoms. The third kappa shape index (κ3) is 2.88. The van der Waals surface area contributed by atoms with Crippen LogP contribution in [0.2, 0.25) is 0 Å². The van der Waals surface area contributed by atoms with E-state index in [9.17, 15) is 4.79 Å². The summed E-state index contributed by atoms with van der Waals surface area (Å²) in [7, 11) is 0. The number of nitrogens with one attached hydrogen (secondary N) is 2. The fraction of sp³-hybridized carbons (Fsp3) is 0.200. The highest BCUT2D eigenvalue weighted by atomic mass is 16.5. The molecule has 2 heterocycles. The maximum absolute atomic E-state index is 11.3. The summed E-state index contributed by atoms with van der Waals surface area (Å²) in [5.41, 5.74) is 3.01. The second-order valence-corrected chi connectivity index (χ2v) is 4.59. The fourth-order valence-corrected chi connectivity index (χ4v) is 2.09. The van der Waals surface area contributed by atoms with Crippen LogP contribution < -0.4 is 15.4 Å². The Kier molecular flexibility index (Phi) is 3.50. The van der Waals surface area contributed by atoms with Crippen LogP contribution >= 0.6 is 0 Å². The summed E-state index contributed by atoms with van der Waals surface area (Å²) in [4.78, 5) is 15.3. The van der Waals surface area contributed by atoms with E-state index in [0.717, 1.165) is 29.0 Å². The standard InChI is InChI=1S/C15H15N3O2/c19-15-17-10-12-3-4-13(8-14(12)18-15)20-7-5-11-2-1-6-16-9-11/h1-4,6,8-9H,5,7,10H2,(H2,17,18,19). The highest BCUT2D eigenvalue weighted by molar-refractivity contribution is 5.92. The molecule has 3 rings (SSSR count). The van der Waals surface area contributed by atoms with E-state index >= 15 is 0 Å². The molecule has 1 aliphatic rings. The lowest BCUT2D eigenvalue weighted by atomic mass is 10.1. The number of anilines is 1. The van der Waals surface area contributed by atoms with Gasteiger partial charge in [-0.05, 0) is 23.3 Å². The number of pyridine rings is 1. The number of fused-ring (bicyclic) bond motifs is 1. The first-order valence-electron chi connectivity index (χ1n) is 6.51. The van der Waals surface area contributed by atoms with Gasteiger partial charge < -0.3 is 15.4 Å². The minimum absolute atomic E-state index is 0.176. The van der Waals surface area contributed by atoms with Gasteiger partial charge in [0.25, 0.3) is 0 Å². The zero-order valence-corrected chi connectivity index (χ0v) is 10.9. The van der Waals surface area contributed by atoms with Gasteiger partial charge in [-0.25, -0.2) is 4.79 Å². The van der Waals surface area contributed by atoms with E-state index in [2.05, 4.69) is 15.6 Å². The monoisotopic (exact) mass is 269 g/mol. The summed E-state index contributed by atoms with van der Waals surface area (Å²) < 4.78 is 5.71. The van der Waals surface area contributed by atoms with Crippen molar-refractivity contribution in [2.75, 3.05) is 11.9 Å². The lowest BCUT2D eigenvalue weighted by molar-refractivity contribution is 0.251. The summed E-state index contributed by atoms with van der Waals surface area (Å²) in [5.74, 6) is 0.759. The molecule has 0 unspecified atom stereocenters. The van der Waals surface area contributed by atoms with Crippen LogP contribution in [0.25, 0.3) is 0 Å². The van der Waals surface area contributed by atoms with Crippen LogP contribution in [0.4, 0.5) is 10.5 Å². The second-order valence-electron chi connectivity index (χ2n) is 4.59. The van der Waals surface area contributed by atoms with Crippen LogP contribution in [-0.2, 0) is 13.0 Å². The highest BCUT2D eigenvalue weighted by Crippen LogP contribution is 2.24. The zero-order valence-electron chi connectivity index (χ0n) is 10.9. The number of benzene rings is 1. The molecule has 2 aromatic rings. The normalized spacial score (nSPS) is 13.1. The molecule has 1 aliphatic heterocycles. The van der Waals surface area contributed by atoms with Crippen LogP contribution in [-0.4, -0.2) is 17.6 Å². The van der Waals surface area contributed by atoms with E-state index in [4.69, 9.17) is 4.74 Å². The van der Waals surface area contributed by atoms with Crippen molar-refractivity contribution in [3.63, 3.8) is 0 Å². The number of hydrogen-bond donors (Lipinski definition) is 2. The fourth-order valence-electron chi connectivity index (χ4n) is 2.09. The molecule has 0 spiro atoms. The number of rotatable bonds is 4. The van der Waals surface area contributed by atoms with Gasteiger partial charge in [0.1, 0.15) is 5.75 Å². The molecule has 0 saturated heterocycles. The van der Waals surface area contributed by atoms with Crippen molar-refractivity contribution >= 4 is 11.7 Å². The molecule has 0 radical (unpaired) electrons. The Hall–Kier alpha value is -2.56. The van der Waals surface area contributed by atoms with Crippen LogP contribution in [0.1, 0.15) is 11.1 Å². The van der Waals surface area contributed by atoms with Crippen LogP contribution in [0, 0.1) is 0 Å². The SMILES string of the molecule is O=C1NCc2ccc(OCCc3cccnc3)cc2N1. The molecule has 20 heavy (non-hydrogen) atoms. The first-order valence-corrected chi connectivity index (χ1v) is 6.51. The third-order valence-corrected chi connectivity index (χ3v) is 3.15. The van der Waals surface area contributed by atoms with Gasteiger partial charge in [0, 0.05) is 31.4 Å². The third-order valence-electron chi connectivity index (χ3n) is 3.15. The lowest BCUT2D eigenvalue weighted by Crippen LogP contribution is -2.33. The van der Waals surface area contributed by atoms with Gasteiger partial charge in [0.15, 0.2) is 0 Å². The van der Waals surface area contributed by atoms with Gasteiger partial charge >= 0.3 is 6.03 Å². The number of urea groups is 1. The number of aromatic nitrogens is 1. The van der Waals surface area contributed by atoms with Crippen LogP contribution in [0.3, 0.4) is 0 Å². The van der Waals surface area contributed by atoms with Crippen LogP contribution in [0.5, 0.6) is 5.75 Å². The Morgan fingerprint density at radius 2 is 2.25 bits per heavy atom. The molecule has 5 nitrogen and oxygen atoms in total. The van der Waals surface area contributed by atoms with Crippen molar-refractivity contribution in [3.8, 4) is 5.75 Å². The first kappa shape index (κ1) is 12.5. The second kappa shape index (κ2) is 5.61. The van der Waals surface area contributed by atoms with Gasteiger partial charge in [-0.15, -0.1) is 0 Å². The van der Waals surface area contributed by atoms with Crippen molar-refractivity contribution < 1.29 is 9.53 Å². The number of nitrogens with zero attached hydrogens (tertiary/aromatic N) is 1. The first-order chi connectivity index (χ1) is 9.81. The Balaban J connectivity index is 1.61. The molecule has 1 aromatic heterocycles. The number of carbonyl (C=O) groups excluding carboxylic acids is 1. The molecule has 2 N–H and O–H groups in total. The predicted octanol–water partition coefficient (Wildman–Crippen LogP) is 2.34. The lowest BCUT2D eigenvalue weighted by Gasteiger charge is -2.19. The van der Waals surface area contributed by atoms with E-state index in [0.29, 0.717) is 13.2 Å². The van der Waals surface area contributed by atoms with Gasteiger partial charge in [-0.3, -0.25) is 4.98 Å². The van der Waals surface area contributed by atoms with Crippen molar-refractivity contribution in [1.29, 1.82) is 0 Å². The van der Waals surface area contributed by atoms with Crippen LogP contribution in [0.15, 0.2) is 42.7 Å². The van der Waals surface area contributed by atoms with E-state index in [-0.39, 0.29) is 6.03 Å². The van der Waals surface area contributed by atoms with E-state index in [1.165, 1.54) is 0 Å². The smallest absolute Gasteiger partial charge is 0.319 e. The Bertz CT molecular complexity index is 614. The van der Waals surface area contributed by atoms with Crippen molar-refractivity contribution in [3.05, 3.63) is 53.9 Å². The predicted molar refractivity (Wildman–Crippen MR) is 75.7 cm³/mol. The number of hydrogen-bond acceptors (Lipinski definition) is 3. The van der Waals surface area contributed by atoms with Crippen molar-refractivity contribution in [2.24, 2.45) is 0 Å². The molecular weight excluding hydrogens is 254 g/mol. The number of carbonyl (C=O) groups is 1. The Labute approximate surface area is 117 Å². The van der Waals surface area contributed by atoms with E-state index in [1.54, 1.807) is 6.20 Å². The average Bonchev–Trinajstić information content (AvgIpc) is 2.48. The zero-order chi connectivity index (χ0) is 13.8. The van der Waals surface area contributed by atoms with Gasteiger partial charge in [-0.2, -0.15) is 0 Å². The molecular formula is C15H15N3O2. The molecule has 102 valence electrons. The van der Waals surface area contributed by atoms with Crippen molar-refractivity contribution in [1.82, 2.24) is 10.3 Å². The quantitative estimate of drug-likeness (QED) is 0.895. The molecule has 0 aliphatic carbocycles. The number of amides is 2. The molecule has 1 aromatic carbocycles. The van der Waals surface area contributed by atoms with E-state index < -0.39 is 0 Å². The molecule has 2 amide bonds. The largest absolute Gasteiger partial charge is 0.493 e. The van der Waals surface area contributed by atoms with Crippen molar-refractivity contribution in [2.45, 2.75) is 13.0 Å². The highest BCUT2D eigenvalue weighted by Gasteiger charge is 2.13. The summed E-state index contributed by atoms with van der Waals surface area (Å²) in [6, 6.07) is 9.50. The maximum atomic E-state index is 11.3. The average molecular weight is 269 g/mol. The molecule has 0 bridgehead atoms. The topological polar surface area (TPSA) is 63.2 Å². The summed E-state index contributed by atoms with van der Waals surface area (Å²) >= 11 is 0. The molecule has 0 fully saturated rings. The summed E-state index contributed by atoms with van der Waals surface area (Å²) in [6.07, 6.45) is 4.39. The summed E-state index contributed by atoms with van der Waals surface area (Å²) in [5, 5.41) is 5.49. The molecule has 0 atom stereocenters. The minimum atomic E-state index is -0.176. The van der Waals surface area contributed by atoms with Gasteiger partial charge in [0.05, 0.1) is 12.3 Å². The minimum Gasteiger partial charge on any atom is -0.493 e. The number of ether oxygens (including phenoxy) is 1. The summed E-state index contributed by atoms with van der Waals surface area (Å²) in [6.45, 7) is 1.13. The van der Waals surface area contributed by atoms with Gasteiger partial charge in [0.2, 0.25) is 0 Å². The van der Waals surface area contributed by atoms with E-state index in [1.807, 2.05) is 36.5 Å². The van der Waals surface area contributed by atoms with Gasteiger partial charge in [-0.1, -0.05) is 12.1 Å². The maximum Gasteiger partial charge on any atom is 0.319 e. The Morgan fingerprint density at radius 1 is 1.30 bits per heavy atom.